The van der Waals surface area contributed by atoms with Crippen LogP contribution in [0.1, 0.15) is 34.1 Å². The Balaban J connectivity index is 4.26. The van der Waals surface area contributed by atoms with Crippen LogP contribution in [0.3, 0.4) is 0 Å². The maximum absolute atomic E-state index is 11.6. The zero-order chi connectivity index (χ0) is 11.2. The molecule has 0 aliphatic heterocycles. The summed E-state index contributed by atoms with van der Waals surface area (Å²) in [5.41, 5.74) is 0.847. The van der Waals surface area contributed by atoms with E-state index >= 15 is 0 Å². The van der Waals surface area contributed by atoms with Crippen LogP contribution < -0.4 is 0 Å². The minimum Gasteiger partial charge on any atom is -0.299 e. The SMILES string of the molecule is C=C/C=C\C=C(\C)CC(=O)C(C)(C)C. The molecule has 0 atom stereocenters. The van der Waals surface area contributed by atoms with Crippen LogP contribution in [0.4, 0.5) is 0 Å². The third-order valence-corrected chi connectivity index (χ3v) is 1.90. The van der Waals surface area contributed by atoms with Crippen molar-refractivity contribution in [2.45, 2.75) is 34.1 Å². The van der Waals surface area contributed by atoms with Crippen LogP contribution in [0, 0.1) is 5.41 Å². The van der Waals surface area contributed by atoms with E-state index in [0.717, 1.165) is 5.57 Å². The quantitative estimate of drug-likeness (QED) is 0.621. The Morgan fingerprint density at radius 3 is 2.29 bits per heavy atom. The van der Waals surface area contributed by atoms with Gasteiger partial charge in [-0.25, -0.2) is 0 Å². The van der Waals surface area contributed by atoms with E-state index in [1.54, 1.807) is 6.08 Å². The zero-order valence-electron chi connectivity index (χ0n) is 9.63. The van der Waals surface area contributed by atoms with Crippen LogP contribution in [0.15, 0.2) is 36.5 Å². The molecule has 0 aliphatic carbocycles. The summed E-state index contributed by atoms with van der Waals surface area (Å²) in [5, 5.41) is 0. The van der Waals surface area contributed by atoms with Gasteiger partial charge in [0.25, 0.3) is 0 Å². The number of carbonyl (C=O) groups is 1. The number of Topliss-reactive ketones (excluding diaryl/α,β-unsaturated/α-hetero) is 1. The summed E-state index contributed by atoms with van der Waals surface area (Å²) in [6.45, 7) is 11.4. The van der Waals surface area contributed by atoms with Crippen molar-refractivity contribution in [1.29, 1.82) is 0 Å². The van der Waals surface area contributed by atoms with Crippen molar-refractivity contribution >= 4 is 5.78 Å². The Bertz CT molecular complexity index is 261. The molecule has 0 fully saturated rings. The van der Waals surface area contributed by atoms with Gasteiger partial charge in [-0.2, -0.15) is 0 Å². The fourth-order valence-corrected chi connectivity index (χ4v) is 0.876. The summed E-state index contributed by atoms with van der Waals surface area (Å²) in [4.78, 5) is 11.6. The molecule has 0 bridgehead atoms. The largest absolute Gasteiger partial charge is 0.299 e. The van der Waals surface area contributed by atoms with Crippen LogP contribution in [0.2, 0.25) is 0 Å². The minimum atomic E-state index is -0.239. The first-order chi connectivity index (χ1) is 6.38. The van der Waals surface area contributed by atoms with Crippen LogP contribution in [0.25, 0.3) is 0 Å². The second-order valence-electron chi connectivity index (χ2n) is 4.48. The lowest BCUT2D eigenvalue weighted by Gasteiger charge is -2.16. The summed E-state index contributed by atoms with van der Waals surface area (Å²) in [5.74, 6) is 0.276. The van der Waals surface area contributed by atoms with Gasteiger partial charge in [-0.05, 0) is 6.92 Å². The van der Waals surface area contributed by atoms with Gasteiger partial charge in [0.15, 0.2) is 0 Å². The van der Waals surface area contributed by atoms with E-state index in [1.807, 2.05) is 45.9 Å². The van der Waals surface area contributed by atoms with Gasteiger partial charge >= 0.3 is 0 Å². The van der Waals surface area contributed by atoms with Crippen molar-refractivity contribution in [3.63, 3.8) is 0 Å². The molecule has 0 radical (unpaired) electrons. The van der Waals surface area contributed by atoms with Crippen LogP contribution in [-0.2, 0) is 4.79 Å². The van der Waals surface area contributed by atoms with Crippen molar-refractivity contribution in [2.24, 2.45) is 5.41 Å². The highest BCUT2D eigenvalue weighted by Crippen LogP contribution is 2.19. The molecule has 0 aromatic rings. The molecule has 0 N–H and O–H groups in total. The molecule has 0 aromatic carbocycles. The first kappa shape index (κ1) is 12.9. The topological polar surface area (TPSA) is 17.1 Å². The van der Waals surface area contributed by atoms with Crippen LogP contribution in [0.5, 0.6) is 0 Å². The maximum atomic E-state index is 11.6. The molecule has 0 saturated carbocycles. The number of carbonyl (C=O) groups excluding carboxylic acids is 1. The van der Waals surface area contributed by atoms with Gasteiger partial charge in [0.2, 0.25) is 0 Å². The smallest absolute Gasteiger partial charge is 0.142 e. The lowest BCUT2D eigenvalue weighted by atomic mass is 9.87. The van der Waals surface area contributed by atoms with E-state index < -0.39 is 0 Å². The third kappa shape index (κ3) is 5.52. The fraction of sp³-hybridized carbons (Fsp3) is 0.462. The number of rotatable bonds is 4. The van der Waals surface area contributed by atoms with E-state index in [4.69, 9.17) is 0 Å². The monoisotopic (exact) mass is 192 g/mol. The molecule has 1 nitrogen and oxygen atoms in total. The summed E-state index contributed by atoms with van der Waals surface area (Å²) in [7, 11) is 0. The van der Waals surface area contributed by atoms with Gasteiger partial charge < -0.3 is 0 Å². The molecule has 0 spiro atoms. The molecule has 0 saturated heterocycles. The van der Waals surface area contributed by atoms with Gasteiger partial charge in [0.1, 0.15) is 5.78 Å². The molecular formula is C13H20O. The summed E-state index contributed by atoms with van der Waals surface area (Å²) in [6.07, 6.45) is 7.95. The second kappa shape index (κ2) is 5.58. The first-order valence-corrected chi connectivity index (χ1v) is 4.86. The van der Waals surface area contributed by atoms with Gasteiger partial charge in [-0.3, -0.25) is 4.79 Å². The summed E-state index contributed by atoms with van der Waals surface area (Å²) < 4.78 is 0. The lowest BCUT2D eigenvalue weighted by molar-refractivity contribution is -0.125. The van der Waals surface area contributed by atoms with E-state index in [2.05, 4.69) is 6.58 Å². The number of ketones is 1. The fourth-order valence-electron chi connectivity index (χ4n) is 0.876. The van der Waals surface area contributed by atoms with Gasteiger partial charge in [-0.1, -0.05) is 57.2 Å². The summed E-state index contributed by atoms with van der Waals surface area (Å²) in [6, 6.07) is 0. The molecule has 1 heteroatoms. The predicted molar refractivity (Wildman–Crippen MR) is 62.2 cm³/mol. The molecule has 0 amide bonds. The molecule has 14 heavy (non-hydrogen) atoms. The number of allylic oxidation sites excluding steroid dienone is 5. The van der Waals surface area contributed by atoms with Crippen molar-refractivity contribution < 1.29 is 4.79 Å². The Kier molecular flexibility index (Phi) is 5.14. The standard InChI is InChI=1S/C13H20O/c1-6-7-8-9-11(2)10-12(14)13(3,4)5/h6-9H,1,10H2,2-5H3/b8-7-,11-9-. The predicted octanol–water partition coefficient (Wildman–Crippen LogP) is 3.68. The Hall–Kier alpha value is -1.11. The van der Waals surface area contributed by atoms with Gasteiger partial charge in [0.05, 0.1) is 0 Å². The second-order valence-corrected chi connectivity index (χ2v) is 4.48. The average molecular weight is 192 g/mol. The van der Waals surface area contributed by atoms with E-state index in [9.17, 15) is 4.79 Å². The lowest BCUT2D eigenvalue weighted by Crippen LogP contribution is -2.19. The maximum Gasteiger partial charge on any atom is 0.142 e. The molecule has 0 heterocycles. The Morgan fingerprint density at radius 2 is 1.86 bits per heavy atom. The molecular weight excluding hydrogens is 172 g/mol. The molecule has 0 unspecified atom stereocenters. The number of hydrogen-bond acceptors (Lipinski definition) is 1. The van der Waals surface area contributed by atoms with Crippen molar-refractivity contribution in [1.82, 2.24) is 0 Å². The van der Waals surface area contributed by atoms with Crippen LogP contribution in [-0.4, -0.2) is 5.78 Å². The summed E-state index contributed by atoms with van der Waals surface area (Å²) >= 11 is 0. The minimum absolute atomic E-state index is 0.239. The van der Waals surface area contributed by atoms with E-state index in [-0.39, 0.29) is 11.2 Å². The highest BCUT2D eigenvalue weighted by molar-refractivity contribution is 5.85. The molecule has 78 valence electrons. The molecule has 0 aromatic heterocycles. The van der Waals surface area contributed by atoms with Gasteiger partial charge in [-0.15, -0.1) is 0 Å². The highest BCUT2D eigenvalue weighted by atomic mass is 16.1. The van der Waals surface area contributed by atoms with E-state index in [0.29, 0.717) is 6.42 Å². The Morgan fingerprint density at radius 1 is 1.29 bits per heavy atom. The van der Waals surface area contributed by atoms with E-state index in [1.165, 1.54) is 0 Å². The zero-order valence-corrected chi connectivity index (χ0v) is 9.63. The molecule has 0 aliphatic rings. The first-order valence-electron chi connectivity index (χ1n) is 4.86. The average Bonchev–Trinajstić information content (AvgIpc) is 2.03. The van der Waals surface area contributed by atoms with Crippen LogP contribution >= 0.6 is 0 Å². The van der Waals surface area contributed by atoms with Crippen molar-refractivity contribution in [2.75, 3.05) is 0 Å². The third-order valence-electron chi connectivity index (χ3n) is 1.90. The molecule has 0 rings (SSSR count). The highest BCUT2D eigenvalue weighted by Gasteiger charge is 2.20. The normalized spacial score (nSPS) is 13.3. The number of hydrogen-bond donors (Lipinski definition) is 0. The van der Waals surface area contributed by atoms with Gasteiger partial charge in [0, 0.05) is 11.8 Å². The van der Waals surface area contributed by atoms with Crippen molar-refractivity contribution in [3.05, 3.63) is 36.5 Å². The Labute approximate surface area is 87.2 Å². The van der Waals surface area contributed by atoms with Crippen molar-refractivity contribution in [3.8, 4) is 0 Å².